The Morgan fingerprint density at radius 3 is 2.91 bits per heavy atom. The molecular formula is C12H13N5O3S2. The highest BCUT2D eigenvalue weighted by atomic mass is 32.2. The smallest absolute Gasteiger partial charge is 0.271 e. The third-order valence-electron chi connectivity index (χ3n) is 2.65. The number of amides is 1. The SMILES string of the molecule is CCC(Sc1nnc(N)s1)C(=O)Nc1cccc([N+](=O)[O-])c1. The van der Waals surface area contributed by atoms with Crippen molar-refractivity contribution in [3.05, 3.63) is 34.4 Å². The summed E-state index contributed by atoms with van der Waals surface area (Å²) >= 11 is 2.48. The van der Waals surface area contributed by atoms with Gasteiger partial charge in [0.2, 0.25) is 11.0 Å². The zero-order chi connectivity index (χ0) is 16.1. The van der Waals surface area contributed by atoms with Gasteiger partial charge in [-0.25, -0.2) is 0 Å². The topological polar surface area (TPSA) is 124 Å². The maximum atomic E-state index is 12.3. The Bertz CT molecular complexity index is 691. The monoisotopic (exact) mass is 339 g/mol. The molecule has 116 valence electrons. The number of aromatic nitrogens is 2. The fourth-order valence-corrected chi connectivity index (χ4v) is 3.44. The number of carbonyl (C=O) groups is 1. The van der Waals surface area contributed by atoms with Crippen molar-refractivity contribution >= 4 is 45.5 Å². The van der Waals surface area contributed by atoms with Crippen LogP contribution in [0.1, 0.15) is 13.3 Å². The molecule has 1 amide bonds. The van der Waals surface area contributed by atoms with E-state index in [9.17, 15) is 14.9 Å². The normalized spacial score (nSPS) is 11.9. The van der Waals surface area contributed by atoms with E-state index >= 15 is 0 Å². The summed E-state index contributed by atoms with van der Waals surface area (Å²) in [7, 11) is 0. The largest absolute Gasteiger partial charge is 0.374 e. The highest BCUT2D eigenvalue weighted by Gasteiger charge is 2.20. The molecule has 1 aromatic carbocycles. The third-order valence-corrected chi connectivity index (χ3v) is 4.85. The second-order valence-corrected chi connectivity index (χ2v) is 6.68. The number of nitro groups is 1. The van der Waals surface area contributed by atoms with Crippen LogP contribution in [0.4, 0.5) is 16.5 Å². The van der Waals surface area contributed by atoms with Gasteiger partial charge in [-0.05, 0) is 12.5 Å². The first-order valence-corrected chi connectivity index (χ1v) is 8.00. The van der Waals surface area contributed by atoms with Crippen molar-refractivity contribution in [2.45, 2.75) is 22.9 Å². The third kappa shape index (κ3) is 4.15. The molecular weight excluding hydrogens is 326 g/mol. The summed E-state index contributed by atoms with van der Waals surface area (Å²) in [6, 6.07) is 5.81. The van der Waals surface area contributed by atoms with E-state index in [0.717, 1.165) is 0 Å². The van der Waals surface area contributed by atoms with E-state index in [1.54, 1.807) is 6.07 Å². The van der Waals surface area contributed by atoms with Gasteiger partial charge in [-0.2, -0.15) is 0 Å². The molecule has 2 aromatic rings. The summed E-state index contributed by atoms with van der Waals surface area (Å²) in [6.45, 7) is 1.87. The molecule has 10 heteroatoms. The highest BCUT2D eigenvalue weighted by Crippen LogP contribution is 2.30. The molecule has 1 heterocycles. The zero-order valence-corrected chi connectivity index (χ0v) is 13.2. The molecule has 0 aliphatic heterocycles. The van der Waals surface area contributed by atoms with Crippen molar-refractivity contribution in [2.24, 2.45) is 0 Å². The second-order valence-electron chi connectivity index (χ2n) is 4.22. The van der Waals surface area contributed by atoms with Crippen LogP contribution in [0.3, 0.4) is 0 Å². The van der Waals surface area contributed by atoms with Gasteiger partial charge in [0, 0.05) is 17.8 Å². The Kier molecular flexibility index (Phi) is 5.28. The number of nitrogens with one attached hydrogen (secondary N) is 1. The molecule has 1 aromatic heterocycles. The number of thioether (sulfide) groups is 1. The summed E-state index contributed by atoms with van der Waals surface area (Å²) in [6.07, 6.45) is 0.574. The molecule has 0 fully saturated rings. The molecule has 0 bridgehead atoms. The molecule has 0 spiro atoms. The van der Waals surface area contributed by atoms with Crippen LogP contribution in [-0.4, -0.2) is 26.3 Å². The fourth-order valence-electron chi connectivity index (χ4n) is 1.63. The van der Waals surface area contributed by atoms with Crippen LogP contribution in [0, 0.1) is 10.1 Å². The number of rotatable bonds is 6. The van der Waals surface area contributed by atoms with Gasteiger partial charge in [-0.15, -0.1) is 10.2 Å². The van der Waals surface area contributed by atoms with Crippen molar-refractivity contribution < 1.29 is 9.72 Å². The number of nitro benzene ring substituents is 1. The number of anilines is 2. The van der Waals surface area contributed by atoms with Crippen LogP contribution in [0.2, 0.25) is 0 Å². The van der Waals surface area contributed by atoms with Gasteiger partial charge in [-0.3, -0.25) is 14.9 Å². The van der Waals surface area contributed by atoms with Crippen molar-refractivity contribution in [1.82, 2.24) is 10.2 Å². The van der Waals surface area contributed by atoms with E-state index in [0.29, 0.717) is 21.6 Å². The number of benzene rings is 1. The minimum Gasteiger partial charge on any atom is -0.374 e. The van der Waals surface area contributed by atoms with Crippen LogP contribution in [-0.2, 0) is 4.79 Å². The Morgan fingerprint density at radius 2 is 2.32 bits per heavy atom. The molecule has 1 atom stereocenters. The summed E-state index contributed by atoms with van der Waals surface area (Å²) < 4.78 is 0.610. The second kappa shape index (κ2) is 7.18. The lowest BCUT2D eigenvalue weighted by Crippen LogP contribution is -2.24. The zero-order valence-electron chi connectivity index (χ0n) is 11.6. The van der Waals surface area contributed by atoms with Crippen LogP contribution >= 0.6 is 23.1 Å². The number of nitrogens with two attached hydrogens (primary N) is 1. The molecule has 8 nitrogen and oxygen atoms in total. The van der Waals surface area contributed by atoms with Gasteiger partial charge in [0.25, 0.3) is 5.69 Å². The Balaban J connectivity index is 2.05. The van der Waals surface area contributed by atoms with Gasteiger partial charge < -0.3 is 11.1 Å². The van der Waals surface area contributed by atoms with Crippen molar-refractivity contribution in [3.63, 3.8) is 0 Å². The van der Waals surface area contributed by atoms with E-state index in [1.807, 2.05) is 6.92 Å². The Hall–Kier alpha value is -2.20. The highest BCUT2D eigenvalue weighted by molar-refractivity contribution is 8.02. The van der Waals surface area contributed by atoms with E-state index in [2.05, 4.69) is 15.5 Å². The molecule has 0 aliphatic rings. The molecule has 3 N–H and O–H groups in total. The predicted octanol–water partition coefficient (Wildman–Crippen LogP) is 2.54. The van der Waals surface area contributed by atoms with Crippen LogP contribution in [0.15, 0.2) is 28.6 Å². The van der Waals surface area contributed by atoms with Crippen LogP contribution in [0.25, 0.3) is 0 Å². The first-order chi connectivity index (χ1) is 10.5. The summed E-state index contributed by atoms with van der Waals surface area (Å²) in [5.41, 5.74) is 5.82. The maximum absolute atomic E-state index is 12.3. The lowest BCUT2D eigenvalue weighted by atomic mass is 10.2. The maximum Gasteiger partial charge on any atom is 0.271 e. The van der Waals surface area contributed by atoms with Crippen molar-refractivity contribution in [3.8, 4) is 0 Å². The van der Waals surface area contributed by atoms with Gasteiger partial charge in [0.05, 0.1) is 10.2 Å². The quantitative estimate of drug-likeness (QED) is 0.470. The van der Waals surface area contributed by atoms with Crippen molar-refractivity contribution in [2.75, 3.05) is 11.1 Å². The van der Waals surface area contributed by atoms with E-state index in [-0.39, 0.29) is 16.8 Å². The first-order valence-electron chi connectivity index (χ1n) is 6.30. The molecule has 0 saturated carbocycles. The van der Waals surface area contributed by atoms with Crippen LogP contribution in [0.5, 0.6) is 0 Å². The molecule has 22 heavy (non-hydrogen) atoms. The minimum absolute atomic E-state index is 0.0737. The van der Waals surface area contributed by atoms with E-state index in [4.69, 9.17) is 5.73 Å². The summed E-state index contributed by atoms with van der Waals surface area (Å²) in [5, 5.41) is 20.9. The lowest BCUT2D eigenvalue weighted by molar-refractivity contribution is -0.384. The average Bonchev–Trinajstić information content (AvgIpc) is 2.90. The van der Waals surface area contributed by atoms with Crippen LogP contribution < -0.4 is 11.1 Å². The molecule has 1 unspecified atom stereocenters. The lowest BCUT2D eigenvalue weighted by Gasteiger charge is -2.12. The first kappa shape index (κ1) is 16.2. The standard InChI is InChI=1S/C12H13N5O3S2/c1-2-9(21-12-16-15-11(13)22-12)10(18)14-7-4-3-5-8(6-7)17(19)20/h3-6,9H,2H2,1H3,(H2,13,15)(H,14,18). The number of non-ortho nitro benzene ring substituents is 1. The molecule has 0 saturated heterocycles. The Labute approximate surface area is 134 Å². The predicted molar refractivity (Wildman–Crippen MR) is 86.0 cm³/mol. The molecule has 2 rings (SSSR count). The molecule has 0 aliphatic carbocycles. The summed E-state index contributed by atoms with van der Waals surface area (Å²) in [5.74, 6) is -0.248. The Morgan fingerprint density at radius 1 is 1.55 bits per heavy atom. The minimum atomic E-state index is -0.508. The number of hydrogen-bond donors (Lipinski definition) is 2. The molecule has 0 radical (unpaired) electrons. The average molecular weight is 339 g/mol. The fraction of sp³-hybridized carbons (Fsp3) is 0.250. The van der Waals surface area contributed by atoms with Gasteiger partial charge in [0.1, 0.15) is 0 Å². The van der Waals surface area contributed by atoms with E-state index < -0.39 is 4.92 Å². The van der Waals surface area contributed by atoms with E-state index in [1.165, 1.54) is 41.3 Å². The number of carbonyl (C=O) groups excluding carboxylic acids is 1. The summed E-state index contributed by atoms with van der Waals surface area (Å²) in [4.78, 5) is 22.5. The van der Waals surface area contributed by atoms with Crippen molar-refractivity contribution in [1.29, 1.82) is 0 Å². The van der Waals surface area contributed by atoms with Gasteiger partial charge >= 0.3 is 0 Å². The number of hydrogen-bond acceptors (Lipinski definition) is 8. The van der Waals surface area contributed by atoms with Gasteiger partial charge in [0.15, 0.2) is 4.34 Å². The number of nitrogen functional groups attached to an aromatic ring is 1. The number of nitrogens with zero attached hydrogens (tertiary/aromatic N) is 3. The van der Waals surface area contributed by atoms with Gasteiger partial charge in [-0.1, -0.05) is 36.1 Å².